The first-order chi connectivity index (χ1) is 13.6. The van der Waals surface area contributed by atoms with Crippen LogP contribution >= 0.6 is 0 Å². The minimum atomic E-state index is -0.374. The molecule has 0 aliphatic carbocycles. The highest BCUT2D eigenvalue weighted by molar-refractivity contribution is 6.04. The van der Waals surface area contributed by atoms with Gasteiger partial charge in [0.1, 0.15) is 28.8 Å². The highest BCUT2D eigenvalue weighted by Gasteiger charge is 2.14. The Labute approximate surface area is 163 Å². The normalized spacial score (nSPS) is 10.2. The number of aryl methyl sites for hydroxylation is 1. The Bertz CT molecular complexity index is 963. The summed E-state index contributed by atoms with van der Waals surface area (Å²) in [6.45, 7) is 2.27. The van der Waals surface area contributed by atoms with E-state index in [1.807, 2.05) is 12.1 Å². The van der Waals surface area contributed by atoms with Crippen molar-refractivity contribution in [3.05, 3.63) is 65.9 Å². The maximum absolute atomic E-state index is 12.7. The maximum Gasteiger partial charge on any atom is 0.274 e. The molecule has 2 aromatic heterocycles. The topological polar surface area (TPSA) is 98.3 Å². The van der Waals surface area contributed by atoms with Crippen molar-refractivity contribution in [2.75, 3.05) is 24.9 Å². The molecule has 0 aliphatic heterocycles. The second-order valence-corrected chi connectivity index (χ2v) is 5.92. The standard InChI is InChI=1S/C20H21N5O3/c1-13-23-17(10-19(24-13)22-12-14-5-4-8-21-11-14)20(26)25-16-9-15(27-2)6-7-18(16)28-3/h4-11H,12H2,1-3H3,(H,25,26)(H,22,23,24). The molecule has 0 aliphatic rings. The lowest BCUT2D eigenvalue weighted by atomic mass is 10.2. The van der Waals surface area contributed by atoms with Crippen LogP contribution in [0.3, 0.4) is 0 Å². The molecule has 3 aromatic rings. The predicted octanol–water partition coefficient (Wildman–Crippen LogP) is 3.06. The molecule has 0 saturated heterocycles. The molecule has 144 valence electrons. The molecule has 2 N–H and O–H groups in total. The number of carbonyl (C=O) groups is 1. The van der Waals surface area contributed by atoms with E-state index in [2.05, 4.69) is 25.6 Å². The van der Waals surface area contributed by atoms with E-state index in [4.69, 9.17) is 9.47 Å². The van der Waals surface area contributed by atoms with Crippen LogP contribution in [0.2, 0.25) is 0 Å². The predicted molar refractivity (Wildman–Crippen MR) is 106 cm³/mol. The smallest absolute Gasteiger partial charge is 0.274 e. The summed E-state index contributed by atoms with van der Waals surface area (Å²) in [6.07, 6.45) is 3.48. The minimum Gasteiger partial charge on any atom is -0.497 e. The summed E-state index contributed by atoms with van der Waals surface area (Å²) in [7, 11) is 3.09. The molecule has 8 heteroatoms. The zero-order chi connectivity index (χ0) is 19.9. The Morgan fingerprint density at radius 3 is 2.68 bits per heavy atom. The average molecular weight is 379 g/mol. The highest BCUT2D eigenvalue weighted by Crippen LogP contribution is 2.29. The molecule has 0 bridgehead atoms. The van der Waals surface area contributed by atoms with Gasteiger partial charge in [0.25, 0.3) is 5.91 Å². The lowest BCUT2D eigenvalue weighted by Gasteiger charge is -2.12. The summed E-state index contributed by atoms with van der Waals surface area (Å²) in [5, 5.41) is 5.99. The van der Waals surface area contributed by atoms with Crippen molar-refractivity contribution < 1.29 is 14.3 Å². The Kier molecular flexibility index (Phi) is 6.01. The van der Waals surface area contributed by atoms with Gasteiger partial charge in [-0.1, -0.05) is 6.07 Å². The summed E-state index contributed by atoms with van der Waals surface area (Å²) in [5.74, 6) is 1.79. The summed E-state index contributed by atoms with van der Waals surface area (Å²) in [6, 6.07) is 10.6. The second kappa shape index (κ2) is 8.81. The first-order valence-corrected chi connectivity index (χ1v) is 8.61. The Balaban J connectivity index is 1.77. The van der Waals surface area contributed by atoms with Crippen LogP contribution in [0.5, 0.6) is 11.5 Å². The van der Waals surface area contributed by atoms with Gasteiger partial charge in [-0.3, -0.25) is 9.78 Å². The van der Waals surface area contributed by atoms with Gasteiger partial charge in [0.2, 0.25) is 0 Å². The SMILES string of the molecule is COc1ccc(OC)c(NC(=O)c2cc(NCc3cccnc3)nc(C)n2)c1. The molecule has 0 radical (unpaired) electrons. The number of ether oxygens (including phenoxy) is 2. The number of anilines is 2. The Morgan fingerprint density at radius 1 is 1.11 bits per heavy atom. The van der Waals surface area contributed by atoms with E-state index in [1.54, 1.807) is 50.7 Å². The number of hydrogen-bond donors (Lipinski definition) is 2. The van der Waals surface area contributed by atoms with E-state index in [0.717, 1.165) is 5.56 Å². The molecule has 2 heterocycles. The van der Waals surface area contributed by atoms with Gasteiger partial charge in [0, 0.05) is 31.1 Å². The van der Waals surface area contributed by atoms with Gasteiger partial charge in [0.15, 0.2) is 0 Å². The number of benzene rings is 1. The number of pyridine rings is 1. The lowest BCUT2D eigenvalue weighted by molar-refractivity contribution is 0.102. The number of carbonyl (C=O) groups excluding carboxylic acids is 1. The number of nitrogens with zero attached hydrogens (tertiary/aromatic N) is 3. The van der Waals surface area contributed by atoms with Crippen LogP contribution in [-0.4, -0.2) is 35.1 Å². The van der Waals surface area contributed by atoms with Crippen LogP contribution in [0, 0.1) is 6.92 Å². The van der Waals surface area contributed by atoms with Crippen LogP contribution in [-0.2, 0) is 6.54 Å². The fourth-order valence-electron chi connectivity index (χ4n) is 2.57. The first kappa shape index (κ1) is 19.1. The van der Waals surface area contributed by atoms with Gasteiger partial charge in [-0.2, -0.15) is 0 Å². The van der Waals surface area contributed by atoms with Gasteiger partial charge in [-0.05, 0) is 30.7 Å². The van der Waals surface area contributed by atoms with Gasteiger partial charge in [-0.15, -0.1) is 0 Å². The quantitative estimate of drug-likeness (QED) is 0.651. The monoisotopic (exact) mass is 379 g/mol. The lowest BCUT2D eigenvalue weighted by Crippen LogP contribution is -2.16. The van der Waals surface area contributed by atoms with Crippen molar-refractivity contribution in [1.82, 2.24) is 15.0 Å². The van der Waals surface area contributed by atoms with E-state index in [1.165, 1.54) is 7.11 Å². The fourth-order valence-corrected chi connectivity index (χ4v) is 2.57. The molecule has 3 rings (SSSR count). The number of nitrogens with one attached hydrogen (secondary N) is 2. The van der Waals surface area contributed by atoms with Crippen molar-refractivity contribution >= 4 is 17.4 Å². The molecule has 0 fully saturated rings. The number of rotatable bonds is 7. The molecule has 0 spiro atoms. The van der Waals surface area contributed by atoms with E-state index >= 15 is 0 Å². The average Bonchev–Trinajstić information content (AvgIpc) is 2.72. The van der Waals surface area contributed by atoms with Crippen LogP contribution in [0.15, 0.2) is 48.8 Å². The number of amides is 1. The minimum absolute atomic E-state index is 0.242. The van der Waals surface area contributed by atoms with Crippen molar-refractivity contribution in [3.63, 3.8) is 0 Å². The molecule has 0 saturated carbocycles. The Hall–Kier alpha value is -3.68. The third-order valence-corrected chi connectivity index (χ3v) is 3.92. The van der Waals surface area contributed by atoms with E-state index in [9.17, 15) is 4.79 Å². The third kappa shape index (κ3) is 4.73. The molecule has 8 nitrogen and oxygen atoms in total. The molecule has 0 atom stereocenters. The first-order valence-electron chi connectivity index (χ1n) is 8.61. The number of aromatic nitrogens is 3. The van der Waals surface area contributed by atoms with Crippen LogP contribution in [0.4, 0.5) is 11.5 Å². The van der Waals surface area contributed by atoms with Crippen molar-refractivity contribution in [3.8, 4) is 11.5 Å². The van der Waals surface area contributed by atoms with Crippen molar-refractivity contribution in [2.24, 2.45) is 0 Å². The molecule has 0 unspecified atom stereocenters. The molecule has 1 amide bonds. The van der Waals surface area contributed by atoms with Crippen molar-refractivity contribution in [1.29, 1.82) is 0 Å². The largest absolute Gasteiger partial charge is 0.497 e. The fraction of sp³-hybridized carbons (Fsp3) is 0.200. The van der Waals surface area contributed by atoms with Gasteiger partial charge in [-0.25, -0.2) is 9.97 Å². The zero-order valence-corrected chi connectivity index (χ0v) is 15.9. The van der Waals surface area contributed by atoms with E-state index in [0.29, 0.717) is 35.4 Å². The third-order valence-electron chi connectivity index (χ3n) is 3.92. The van der Waals surface area contributed by atoms with Crippen molar-refractivity contribution in [2.45, 2.75) is 13.5 Å². The summed E-state index contributed by atoms with van der Waals surface area (Å²) in [4.78, 5) is 25.4. The number of methoxy groups -OCH3 is 2. The molecule has 1 aromatic carbocycles. The zero-order valence-electron chi connectivity index (χ0n) is 15.9. The second-order valence-electron chi connectivity index (χ2n) is 5.92. The van der Waals surface area contributed by atoms with Gasteiger partial charge >= 0.3 is 0 Å². The number of hydrogen-bond acceptors (Lipinski definition) is 7. The molecular weight excluding hydrogens is 358 g/mol. The van der Waals surface area contributed by atoms with Gasteiger partial charge in [0.05, 0.1) is 19.9 Å². The summed E-state index contributed by atoms with van der Waals surface area (Å²) >= 11 is 0. The van der Waals surface area contributed by atoms with Crippen LogP contribution in [0.1, 0.15) is 21.9 Å². The van der Waals surface area contributed by atoms with Crippen LogP contribution in [0.25, 0.3) is 0 Å². The highest BCUT2D eigenvalue weighted by atomic mass is 16.5. The molecular formula is C20H21N5O3. The maximum atomic E-state index is 12.7. The van der Waals surface area contributed by atoms with E-state index < -0.39 is 0 Å². The molecule has 28 heavy (non-hydrogen) atoms. The summed E-state index contributed by atoms with van der Waals surface area (Å²) < 4.78 is 10.5. The van der Waals surface area contributed by atoms with Crippen LogP contribution < -0.4 is 20.1 Å². The summed E-state index contributed by atoms with van der Waals surface area (Å²) in [5.41, 5.74) is 1.74. The van der Waals surface area contributed by atoms with E-state index in [-0.39, 0.29) is 11.6 Å². The van der Waals surface area contributed by atoms with Gasteiger partial charge < -0.3 is 20.1 Å². The Morgan fingerprint density at radius 2 is 1.96 bits per heavy atom.